The van der Waals surface area contributed by atoms with E-state index in [-0.39, 0.29) is 30.5 Å². The van der Waals surface area contributed by atoms with Crippen molar-refractivity contribution in [3.8, 4) is 0 Å². The highest BCUT2D eigenvalue weighted by Gasteiger charge is 2.17. The molecule has 12 heteroatoms. The Kier molecular flexibility index (Phi) is 7.33. The number of para-hydroxylation sites is 1. The first-order valence-corrected chi connectivity index (χ1v) is 11.4. The van der Waals surface area contributed by atoms with Crippen LogP contribution in [-0.4, -0.2) is 73.8 Å². The zero-order valence-electron chi connectivity index (χ0n) is 20.4. The molecule has 3 N–H and O–H groups in total. The number of fused-ring (bicyclic) bond motifs is 1. The summed E-state index contributed by atoms with van der Waals surface area (Å²) in [6.45, 7) is 3.28. The SMILES string of the molecule is Cc1cccc2cc(CNC(=O)c3nccnc3N)c(N(C)CCN(C)C(=O)Cn3nccn3)nc12. The topological polar surface area (TPSA) is 148 Å². The molecule has 2 amide bonds. The van der Waals surface area contributed by atoms with Gasteiger partial charge >= 0.3 is 0 Å². The summed E-state index contributed by atoms with van der Waals surface area (Å²) in [7, 11) is 3.65. The Morgan fingerprint density at radius 2 is 1.81 bits per heavy atom. The number of pyridine rings is 1. The van der Waals surface area contributed by atoms with Gasteiger partial charge in [-0.2, -0.15) is 15.0 Å². The van der Waals surface area contributed by atoms with Gasteiger partial charge in [0.05, 0.1) is 17.9 Å². The molecule has 4 rings (SSSR count). The van der Waals surface area contributed by atoms with Crippen molar-refractivity contribution < 1.29 is 9.59 Å². The van der Waals surface area contributed by atoms with Gasteiger partial charge in [-0.3, -0.25) is 9.59 Å². The standard InChI is InChI=1S/C24H28N10O2/c1-16-5-4-6-17-13-18(14-28-24(36)21-22(25)27-8-7-26-21)23(31-20(16)17)33(3)12-11-32(2)19(35)15-34-29-9-10-30-34/h4-10,13H,11-12,14-15H2,1-3H3,(H2,25,27)(H,28,36). The molecule has 0 aliphatic heterocycles. The van der Waals surface area contributed by atoms with Crippen molar-refractivity contribution in [3.05, 3.63) is 65.9 Å². The van der Waals surface area contributed by atoms with Crippen molar-refractivity contribution in [1.29, 1.82) is 0 Å². The highest BCUT2D eigenvalue weighted by atomic mass is 16.2. The fraction of sp³-hybridized carbons (Fsp3) is 0.292. The number of hydrogen-bond acceptors (Lipinski definition) is 9. The minimum Gasteiger partial charge on any atom is -0.382 e. The molecule has 0 atom stereocenters. The molecule has 0 spiro atoms. The van der Waals surface area contributed by atoms with Gasteiger partial charge in [0.15, 0.2) is 11.5 Å². The number of nitrogens with zero attached hydrogens (tertiary/aromatic N) is 8. The number of likely N-dealkylation sites (N-methyl/N-ethyl adjacent to an activating group) is 2. The van der Waals surface area contributed by atoms with Crippen molar-refractivity contribution in [3.63, 3.8) is 0 Å². The van der Waals surface area contributed by atoms with E-state index in [9.17, 15) is 9.59 Å². The molecule has 3 aromatic heterocycles. The average Bonchev–Trinajstić information content (AvgIpc) is 3.38. The smallest absolute Gasteiger partial charge is 0.273 e. The fourth-order valence-corrected chi connectivity index (χ4v) is 3.72. The molecule has 0 radical (unpaired) electrons. The Hall–Kier alpha value is -4.61. The molecule has 0 unspecified atom stereocenters. The molecule has 0 fully saturated rings. The third-order valence-electron chi connectivity index (χ3n) is 5.79. The number of carbonyl (C=O) groups excluding carboxylic acids is 2. The van der Waals surface area contributed by atoms with Crippen molar-refractivity contribution in [2.24, 2.45) is 0 Å². The van der Waals surface area contributed by atoms with Crippen LogP contribution in [0.25, 0.3) is 10.9 Å². The molecule has 0 saturated heterocycles. The molecule has 0 bridgehead atoms. The number of anilines is 2. The van der Waals surface area contributed by atoms with Crippen molar-refractivity contribution in [2.45, 2.75) is 20.0 Å². The number of carbonyl (C=O) groups is 2. The van der Waals surface area contributed by atoms with Gasteiger partial charge in [0.2, 0.25) is 5.91 Å². The van der Waals surface area contributed by atoms with Crippen molar-refractivity contribution in [1.82, 2.24) is 40.2 Å². The lowest BCUT2D eigenvalue weighted by atomic mass is 10.1. The van der Waals surface area contributed by atoms with Crippen molar-refractivity contribution in [2.75, 3.05) is 37.8 Å². The number of nitrogen functional groups attached to an aromatic ring is 1. The number of amides is 2. The summed E-state index contributed by atoms with van der Waals surface area (Å²) >= 11 is 0. The van der Waals surface area contributed by atoms with Crippen LogP contribution in [0.3, 0.4) is 0 Å². The zero-order valence-corrected chi connectivity index (χ0v) is 20.4. The van der Waals surface area contributed by atoms with Crippen LogP contribution in [0.15, 0.2) is 49.1 Å². The van der Waals surface area contributed by atoms with E-state index in [1.807, 2.05) is 43.1 Å². The second kappa shape index (κ2) is 10.8. The molecule has 1 aromatic carbocycles. The minimum atomic E-state index is -0.420. The second-order valence-corrected chi connectivity index (χ2v) is 8.39. The van der Waals surface area contributed by atoms with Gasteiger partial charge in [0.25, 0.3) is 5.91 Å². The highest BCUT2D eigenvalue weighted by molar-refractivity contribution is 5.96. The van der Waals surface area contributed by atoms with Gasteiger partial charge in [-0.05, 0) is 18.6 Å². The van der Waals surface area contributed by atoms with Crippen LogP contribution in [-0.2, 0) is 17.9 Å². The summed E-state index contributed by atoms with van der Waals surface area (Å²) < 4.78 is 0. The van der Waals surface area contributed by atoms with Crippen LogP contribution in [0.4, 0.5) is 11.6 Å². The molecule has 4 aromatic rings. The Labute approximate surface area is 208 Å². The van der Waals surface area contributed by atoms with Gasteiger partial charge in [-0.1, -0.05) is 18.2 Å². The summed E-state index contributed by atoms with van der Waals surface area (Å²) in [5, 5.41) is 11.8. The monoisotopic (exact) mass is 488 g/mol. The lowest BCUT2D eigenvalue weighted by Crippen LogP contribution is -2.37. The van der Waals surface area contributed by atoms with Crippen molar-refractivity contribution >= 4 is 34.4 Å². The number of benzene rings is 1. The number of aromatic nitrogens is 6. The summed E-state index contributed by atoms with van der Waals surface area (Å²) in [6.07, 6.45) is 5.92. The van der Waals surface area contributed by atoms with Gasteiger partial charge in [0.1, 0.15) is 12.4 Å². The summed E-state index contributed by atoms with van der Waals surface area (Å²) in [4.78, 5) is 43.0. The summed E-state index contributed by atoms with van der Waals surface area (Å²) in [6, 6.07) is 7.98. The Balaban J connectivity index is 1.52. The number of nitrogens with two attached hydrogens (primary N) is 1. The molecule has 0 aliphatic carbocycles. The van der Waals surface area contributed by atoms with E-state index < -0.39 is 5.91 Å². The molecule has 12 nitrogen and oxygen atoms in total. The van der Waals surface area contributed by atoms with E-state index in [1.165, 1.54) is 29.6 Å². The van der Waals surface area contributed by atoms with Gasteiger partial charge in [0, 0.05) is 57.1 Å². The number of rotatable bonds is 9. The largest absolute Gasteiger partial charge is 0.382 e. The number of nitrogens with one attached hydrogen (secondary N) is 1. The van der Waals surface area contributed by atoms with E-state index in [4.69, 9.17) is 10.7 Å². The summed E-state index contributed by atoms with van der Waals surface area (Å²) in [5.41, 5.74) is 8.61. The maximum absolute atomic E-state index is 12.7. The van der Waals surface area contributed by atoms with E-state index >= 15 is 0 Å². The Morgan fingerprint density at radius 3 is 2.56 bits per heavy atom. The normalized spacial score (nSPS) is 10.9. The highest BCUT2D eigenvalue weighted by Crippen LogP contribution is 2.25. The number of hydrogen-bond donors (Lipinski definition) is 2. The van der Waals surface area contributed by atoms with Crippen LogP contribution < -0.4 is 16.0 Å². The fourth-order valence-electron chi connectivity index (χ4n) is 3.72. The Morgan fingerprint density at radius 1 is 1.06 bits per heavy atom. The quantitative estimate of drug-likeness (QED) is 0.352. The van der Waals surface area contributed by atoms with Crippen LogP contribution in [0, 0.1) is 6.92 Å². The van der Waals surface area contributed by atoms with Crippen LogP contribution >= 0.6 is 0 Å². The van der Waals surface area contributed by atoms with Gasteiger partial charge < -0.3 is 20.9 Å². The van der Waals surface area contributed by atoms with Crippen LogP contribution in [0.2, 0.25) is 0 Å². The lowest BCUT2D eigenvalue weighted by Gasteiger charge is -2.25. The molecular weight excluding hydrogens is 460 g/mol. The number of aryl methyl sites for hydroxylation is 1. The first kappa shape index (κ1) is 24.5. The maximum Gasteiger partial charge on any atom is 0.273 e. The van der Waals surface area contributed by atoms with Gasteiger partial charge in [-0.15, -0.1) is 0 Å². The maximum atomic E-state index is 12.7. The average molecular weight is 489 g/mol. The van der Waals surface area contributed by atoms with E-state index in [0.717, 1.165) is 22.0 Å². The summed E-state index contributed by atoms with van der Waals surface area (Å²) in [5.74, 6) is 0.253. The van der Waals surface area contributed by atoms with E-state index in [2.05, 4.69) is 25.5 Å². The predicted molar refractivity (Wildman–Crippen MR) is 135 cm³/mol. The molecule has 186 valence electrons. The molecule has 36 heavy (non-hydrogen) atoms. The second-order valence-electron chi connectivity index (χ2n) is 8.39. The lowest BCUT2D eigenvalue weighted by molar-refractivity contribution is -0.130. The third kappa shape index (κ3) is 5.54. The molecular formula is C24H28N10O2. The van der Waals surface area contributed by atoms with Crippen LogP contribution in [0.5, 0.6) is 0 Å². The Bertz CT molecular complexity index is 1370. The minimum absolute atomic E-state index is 0.0672. The first-order chi connectivity index (χ1) is 17.3. The van der Waals surface area contributed by atoms with E-state index in [1.54, 1.807) is 11.9 Å². The molecule has 3 heterocycles. The van der Waals surface area contributed by atoms with E-state index in [0.29, 0.717) is 18.9 Å². The predicted octanol–water partition coefficient (Wildman–Crippen LogP) is 1.03. The van der Waals surface area contributed by atoms with Crippen LogP contribution in [0.1, 0.15) is 21.6 Å². The zero-order chi connectivity index (χ0) is 25.7. The molecule has 0 saturated carbocycles. The third-order valence-corrected chi connectivity index (χ3v) is 5.79. The first-order valence-electron chi connectivity index (χ1n) is 11.4. The van der Waals surface area contributed by atoms with Gasteiger partial charge in [-0.25, -0.2) is 15.0 Å². The molecule has 0 aliphatic rings.